The molecular weight excluding hydrogens is 208 g/mol. The monoisotopic (exact) mass is 228 g/mol. The van der Waals surface area contributed by atoms with Crippen LogP contribution in [0.3, 0.4) is 0 Å². The number of fused-ring (bicyclic) bond motifs is 1. The molecule has 16 heavy (non-hydrogen) atoms. The topological polar surface area (TPSA) is 36.9 Å². The Morgan fingerprint density at radius 2 is 1.75 bits per heavy atom. The highest BCUT2D eigenvalue weighted by atomic mass is 16.6. The molecular formula is C12H20O4. The molecule has 0 N–H and O–H groups in total. The van der Waals surface area contributed by atoms with Gasteiger partial charge in [-0.25, -0.2) is 0 Å². The second-order valence-corrected chi connectivity index (χ2v) is 4.68. The molecule has 0 aliphatic carbocycles. The van der Waals surface area contributed by atoms with Crippen LogP contribution in [0, 0.1) is 0 Å². The van der Waals surface area contributed by atoms with Gasteiger partial charge in [-0.2, -0.15) is 0 Å². The maximum absolute atomic E-state index is 5.75. The van der Waals surface area contributed by atoms with Crippen LogP contribution in [-0.2, 0) is 18.9 Å². The van der Waals surface area contributed by atoms with Crippen molar-refractivity contribution in [3.05, 3.63) is 12.3 Å². The largest absolute Gasteiger partial charge is 0.490 e. The van der Waals surface area contributed by atoms with Crippen molar-refractivity contribution in [1.29, 1.82) is 0 Å². The minimum absolute atomic E-state index is 0.00625. The average molecular weight is 228 g/mol. The standard InChI is InChI=1S/C12H20O4/c1-7(2)15-9-5-13-12-10(16-8(3)4)6-14-11(9)12/h8-12H,1,5-6H2,2-4H3. The molecule has 92 valence electrons. The summed E-state index contributed by atoms with van der Waals surface area (Å²) in [5.74, 6) is 0.700. The molecule has 2 saturated heterocycles. The molecule has 2 heterocycles. The summed E-state index contributed by atoms with van der Waals surface area (Å²) < 4.78 is 22.7. The lowest BCUT2D eigenvalue weighted by molar-refractivity contribution is -0.0621. The van der Waals surface area contributed by atoms with Crippen LogP contribution in [-0.4, -0.2) is 43.7 Å². The Hall–Kier alpha value is -0.580. The molecule has 4 heteroatoms. The van der Waals surface area contributed by atoms with Crippen LogP contribution in [0.25, 0.3) is 0 Å². The van der Waals surface area contributed by atoms with Crippen LogP contribution in [0.5, 0.6) is 0 Å². The smallest absolute Gasteiger partial charge is 0.150 e. The van der Waals surface area contributed by atoms with E-state index < -0.39 is 0 Å². The van der Waals surface area contributed by atoms with Gasteiger partial charge in [-0.15, -0.1) is 0 Å². The maximum atomic E-state index is 5.75. The van der Waals surface area contributed by atoms with Gasteiger partial charge in [0.1, 0.15) is 18.3 Å². The number of hydrogen-bond acceptors (Lipinski definition) is 4. The van der Waals surface area contributed by atoms with E-state index in [2.05, 4.69) is 6.58 Å². The minimum atomic E-state index is -0.0386. The first-order valence-corrected chi connectivity index (χ1v) is 5.78. The van der Waals surface area contributed by atoms with E-state index in [9.17, 15) is 0 Å². The quantitative estimate of drug-likeness (QED) is 0.683. The fraction of sp³-hybridized carbons (Fsp3) is 0.833. The zero-order valence-corrected chi connectivity index (χ0v) is 10.1. The van der Waals surface area contributed by atoms with Crippen molar-refractivity contribution in [2.45, 2.75) is 51.3 Å². The average Bonchev–Trinajstić information content (AvgIpc) is 2.70. The first kappa shape index (κ1) is 11.9. The van der Waals surface area contributed by atoms with E-state index in [1.807, 2.05) is 20.8 Å². The first-order chi connectivity index (χ1) is 7.58. The molecule has 0 aromatic heterocycles. The maximum Gasteiger partial charge on any atom is 0.150 e. The SMILES string of the molecule is C=C(C)OC1COC2C(OC(C)C)COC12. The Bertz CT molecular complexity index is 264. The molecule has 0 spiro atoms. The lowest BCUT2D eigenvalue weighted by Crippen LogP contribution is -2.34. The molecule has 0 saturated carbocycles. The molecule has 0 amide bonds. The molecule has 0 aromatic carbocycles. The summed E-state index contributed by atoms with van der Waals surface area (Å²) in [4.78, 5) is 0. The van der Waals surface area contributed by atoms with Gasteiger partial charge in [-0.3, -0.25) is 0 Å². The van der Waals surface area contributed by atoms with Crippen molar-refractivity contribution < 1.29 is 18.9 Å². The van der Waals surface area contributed by atoms with Gasteiger partial charge >= 0.3 is 0 Å². The number of allylic oxidation sites excluding steroid dienone is 1. The zero-order valence-electron chi connectivity index (χ0n) is 10.1. The summed E-state index contributed by atoms with van der Waals surface area (Å²) in [6, 6.07) is 0. The molecule has 2 rings (SSSR count). The number of ether oxygens (including phenoxy) is 4. The summed E-state index contributed by atoms with van der Waals surface area (Å²) in [5.41, 5.74) is 0. The van der Waals surface area contributed by atoms with Gasteiger partial charge in [0.2, 0.25) is 0 Å². The van der Waals surface area contributed by atoms with E-state index in [4.69, 9.17) is 18.9 Å². The first-order valence-electron chi connectivity index (χ1n) is 5.78. The fourth-order valence-corrected chi connectivity index (χ4v) is 2.25. The van der Waals surface area contributed by atoms with Crippen LogP contribution in [0.2, 0.25) is 0 Å². The van der Waals surface area contributed by atoms with Crippen molar-refractivity contribution in [2.24, 2.45) is 0 Å². The Labute approximate surface area is 96.5 Å². The normalized spacial score (nSPS) is 37.8. The second kappa shape index (κ2) is 4.73. The van der Waals surface area contributed by atoms with E-state index in [1.54, 1.807) is 0 Å². The van der Waals surface area contributed by atoms with Crippen LogP contribution < -0.4 is 0 Å². The lowest BCUT2D eigenvalue weighted by Gasteiger charge is -2.19. The van der Waals surface area contributed by atoms with Crippen LogP contribution >= 0.6 is 0 Å². The van der Waals surface area contributed by atoms with Crippen molar-refractivity contribution >= 4 is 0 Å². The third-order valence-electron chi connectivity index (χ3n) is 2.76. The highest BCUT2D eigenvalue weighted by Crippen LogP contribution is 2.31. The fourth-order valence-electron chi connectivity index (χ4n) is 2.25. The van der Waals surface area contributed by atoms with Crippen molar-refractivity contribution in [1.82, 2.24) is 0 Å². The number of rotatable bonds is 4. The molecule has 0 radical (unpaired) electrons. The highest BCUT2D eigenvalue weighted by Gasteiger charge is 2.49. The predicted octanol–water partition coefficient (Wildman–Crippen LogP) is 1.50. The zero-order chi connectivity index (χ0) is 11.7. The van der Waals surface area contributed by atoms with Crippen molar-refractivity contribution in [3.63, 3.8) is 0 Å². The molecule has 2 aliphatic heterocycles. The number of hydrogen-bond donors (Lipinski definition) is 0. The molecule has 4 unspecified atom stereocenters. The van der Waals surface area contributed by atoms with Gasteiger partial charge in [-0.1, -0.05) is 6.58 Å². The molecule has 4 nitrogen and oxygen atoms in total. The minimum Gasteiger partial charge on any atom is -0.490 e. The van der Waals surface area contributed by atoms with Crippen LogP contribution in [0.15, 0.2) is 12.3 Å². The van der Waals surface area contributed by atoms with Gasteiger partial charge in [-0.05, 0) is 20.8 Å². The van der Waals surface area contributed by atoms with E-state index in [0.29, 0.717) is 19.0 Å². The van der Waals surface area contributed by atoms with E-state index in [1.165, 1.54) is 0 Å². The third-order valence-corrected chi connectivity index (χ3v) is 2.76. The van der Waals surface area contributed by atoms with Crippen LogP contribution in [0.4, 0.5) is 0 Å². The second-order valence-electron chi connectivity index (χ2n) is 4.68. The van der Waals surface area contributed by atoms with Gasteiger partial charge < -0.3 is 18.9 Å². The van der Waals surface area contributed by atoms with Gasteiger partial charge in [0, 0.05) is 0 Å². The lowest BCUT2D eigenvalue weighted by atomic mass is 10.1. The highest BCUT2D eigenvalue weighted by molar-refractivity contribution is 4.97. The Morgan fingerprint density at radius 3 is 2.31 bits per heavy atom. The molecule has 0 bridgehead atoms. The van der Waals surface area contributed by atoms with Crippen molar-refractivity contribution in [3.8, 4) is 0 Å². The van der Waals surface area contributed by atoms with Crippen LogP contribution in [0.1, 0.15) is 20.8 Å². The summed E-state index contributed by atoms with van der Waals surface area (Å²) >= 11 is 0. The Kier molecular flexibility index (Phi) is 3.52. The summed E-state index contributed by atoms with van der Waals surface area (Å²) in [6.07, 6.45) is 0.177. The third kappa shape index (κ3) is 2.39. The molecule has 2 fully saturated rings. The summed E-state index contributed by atoms with van der Waals surface area (Å²) in [6.45, 7) is 10.8. The van der Waals surface area contributed by atoms with E-state index >= 15 is 0 Å². The van der Waals surface area contributed by atoms with Gasteiger partial charge in [0.05, 0.1) is 25.1 Å². The summed E-state index contributed by atoms with van der Waals surface area (Å²) in [7, 11) is 0. The Morgan fingerprint density at radius 1 is 1.19 bits per heavy atom. The molecule has 2 aliphatic rings. The Balaban J connectivity index is 1.92. The molecule has 0 aromatic rings. The van der Waals surface area contributed by atoms with Gasteiger partial charge in [0.15, 0.2) is 6.10 Å². The van der Waals surface area contributed by atoms with E-state index in [0.717, 1.165) is 0 Å². The summed E-state index contributed by atoms with van der Waals surface area (Å²) in [5, 5.41) is 0. The predicted molar refractivity (Wildman–Crippen MR) is 59.2 cm³/mol. The van der Waals surface area contributed by atoms with E-state index in [-0.39, 0.29) is 30.5 Å². The van der Waals surface area contributed by atoms with Gasteiger partial charge in [0.25, 0.3) is 0 Å². The van der Waals surface area contributed by atoms with Crippen molar-refractivity contribution in [2.75, 3.05) is 13.2 Å². The molecule has 4 atom stereocenters.